The third-order valence-electron chi connectivity index (χ3n) is 3.66. The Labute approximate surface area is 143 Å². The Morgan fingerprint density at radius 2 is 1.64 bits per heavy atom. The lowest BCUT2D eigenvalue weighted by Gasteiger charge is -2.11. The fourth-order valence-corrected chi connectivity index (χ4v) is 2.32. The van der Waals surface area contributed by atoms with Crippen molar-refractivity contribution in [3.8, 4) is 22.6 Å². The fraction of sp³-hybridized carbons (Fsp3) is 0.263. The third kappa shape index (κ3) is 3.57. The quantitative estimate of drug-likeness (QED) is 0.614. The van der Waals surface area contributed by atoms with Gasteiger partial charge in [0.05, 0.1) is 11.1 Å². The first kappa shape index (κ1) is 17.2. The Hall–Kier alpha value is -2.63. The molecule has 0 bridgehead atoms. The van der Waals surface area contributed by atoms with Crippen molar-refractivity contribution in [2.45, 2.75) is 32.4 Å². The zero-order valence-electron chi connectivity index (χ0n) is 14.0. The number of hydrogen-bond donors (Lipinski definition) is 0. The molecular weight excluding hydrogens is 329 g/mol. The van der Waals surface area contributed by atoms with E-state index in [4.69, 9.17) is 4.42 Å². The molecule has 3 rings (SSSR count). The first-order chi connectivity index (χ1) is 11.7. The predicted octanol–water partition coefficient (Wildman–Crippen LogP) is 5.52. The van der Waals surface area contributed by atoms with Crippen LogP contribution in [0.15, 0.2) is 46.9 Å². The summed E-state index contributed by atoms with van der Waals surface area (Å²) < 4.78 is 44.0. The maximum Gasteiger partial charge on any atom is 0.416 e. The zero-order valence-corrected chi connectivity index (χ0v) is 14.0. The molecule has 3 nitrogen and oxygen atoms in total. The molecule has 0 atom stereocenters. The molecule has 0 N–H and O–H groups in total. The summed E-state index contributed by atoms with van der Waals surface area (Å²) in [7, 11) is 0. The van der Waals surface area contributed by atoms with Gasteiger partial charge in [-0.2, -0.15) is 13.2 Å². The minimum Gasteiger partial charge on any atom is -0.420 e. The van der Waals surface area contributed by atoms with Crippen LogP contribution in [0, 0.1) is 6.07 Å². The number of nitrogens with zero attached hydrogens (tertiary/aromatic N) is 2. The van der Waals surface area contributed by atoms with Crippen molar-refractivity contribution in [2.24, 2.45) is 0 Å². The predicted molar refractivity (Wildman–Crippen MR) is 87.7 cm³/mol. The standard InChI is InChI=1S/C19H16F3N2O/c1-18(2,3)17-24-23-16(25-17)15-7-5-4-6-14(15)12-8-10-13(11-9-12)19(20,21)22/h4-6,8-11H,1-3H3. The van der Waals surface area contributed by atoms with Crippen molar-refractivity contribution in [1.82, 2.24) is 10.2 Å². The average molecular weight is 345 g/mol. The number of benzene rings is 2. The van der Waals surface area contributed by atoms with Crippen molar-refractivity contribution in [1.29, 1.82) is 0 Å². The summed E-state index contributed by atoms with van der Waals surface area (Å²) in [6.45, 7) is 5.86. The van der Waals surface area contributed by atoms with Crippen molar-refractivity contribution in [2.75, 3.05) is 0 Å². The van der Waals surface area contributed by atoms with Gasteiger partial charge in [-0.05, 0) is 29.3 Å². The van der Waals surface area contributed by atoms with Gasteiger partial charge in [0, 0.05) is 5.41 Å². The zero-order chi connectivity index (χ0) is 18.2. The lowest BCUT2D eigenvalue weighted by atomic mass is 9.97. The van der Waals surface area contributed by atoms with Gasteiger partial charge in [0.2, 0.25) is 11.8 Å². The molecule has 0 unspecified atom stereocenters. The molecule has 3 aromatic rings. The van der Waals surface area contributed by atoms with E-state index in [1.165, 1.54) is 12.1 Å². The smallest absolute Gasteiger partial charge is 0.416 e. The van der Waals surface area contributed by atoms with E-state index in [0.717, 1.165) is 12.1 Å². The van der Waals surface area contributed by atoms with E-state index in [2.05, 4.69) is 16.3 Å². The van der Waals surface area contributed by atoms with E-state index in [-0.39, 0.29) is 5.41 Å². The van der Waals surface area contributed by atoms with Gasteiger partial charge in [-0.15, -0.1) is 10.2 Å². The van der Waals surface area contributed by atoms with Gasteiger partial charge in [-0.25, -0.2) is 0 Å². The molecule has 1 aromatic heterocycles. The van der Waals surface area contributed by atoms with E-state index >= 15 is 0 Å². The SMILES string of the molecule is CC(C)(C)c1nnc(-c2[c]cccc2-c2ccc(C(F)(F)F)cc2)o1. The molecule has 1 radical (unpaired) electrons. The molecule has 0 aliphatic rings. The van der Waals surface area contributed by atoms with Crippen LogP contribution >= 0.6 is 0 Å². The monoisotopic (exact) mass is 345 g/mol. The van der Waals surface area contributed by atoms with Gasteiger partial charge in [-0.1, -0.05) is 51.1 Å². The second kappa shape index (κ2) is 6.02. The highest BCUT2D eigenvalue weighted by atomic mass is 19.4. The molecule has 1 heterocycles. The van der Waals surface area contributed by atoms with Crippen molar-refractivity contribution in [3.63, 3.8) is 0 Å². The fourth-order valence-electron chi connectivity index (χ4n) is 2.32. The summed E-state index contributed by atoms with van der Waals surface area (Å²) in [6, 6.07) is 13.3. The van der Waals surface area contributed by atoms with E-state index in [1.54, 1.807) is 18.2 Å². The van der Waals surface area contributed by atoms with Crippen LogP contribution in [0.5, 0.6) is 0 Å². The third-order valence-corrected chi connectivity index (χ3v) is 3.66. The normalized spacial score (nSPS) is 12.4. The lowest BCUT2D eigenvalue weighted by Crippen LogP contribution is -2.11. The number of aromatic nitrogens is 2. The molecule has 0 spiro atoms. The van der Waals surface area contributed by atoms with Crippen LogP contribution in [0.2, 0.25) is 0 Å². The summed E-state index contributed by atoms with van der Waals surface area (Å²) in [5.74, 6) is 0.776. The Morgan fingerprint density at radius 1 is 0.960 bits per heavy atom. The van der Waals surface area contributed by atoms with E-state index < -0.39 is 11.7 Å². The Kier molecular flexibility index (Phi) is 4.14. The van der Waals surface area contributed by atoms with Gasteiger partial charge in [0.25, 0.3) is 0 Å². The van der Waals surface area contributed by atoms with Crippen LogP contribution in [-0.2, 0) is 11.6 Å². The summed E-state index contributed by atoms with van der Waals surface area (Å²) in [4.78, 5) is 0. The topological polar surface area (TPSA) is 38.9 Å². The largest absolute Gasteiger partial charge is 0.420 e. The number of hydrogen-bond acceptors (Lipinski definition) is 3. The number of alkyl halides is 3. The van der Waals surface area contributed by atoms with Crippen molar-refractivity contribution in [3.05, 3.63) is 60.0 Å². The summed E-state index contributed by atoms with van der Waals surface area (Å²) >= 11 is 0. The van der Waals surface area contributed by atoms with Gasteiger partial charge < -0.3 is 4.42 Å². The summed E-state index contributed by atoms with van der Waals surface area (Å²) in [6.07, 6.45) is -4.36. The van der Waals surface area contributed by atoms with Crippen molar-refractivity contribution < 1.29 is 17.6 Å². The summed E-state index contributed by atoms with van der Waals surface area (Å²) in [5.41, 5.74) is 0.876. The van der Waals surface area contributed by atoms with Crippen LogP contribution in [0.25, 0.3) is 22.6 Å². The minimum absolute atomic E-state index is 0.292. The Morgan fingerprint density at radius 3 is 2.20 bits per heavy atom. The molecule has 0 saturated carbocycles. The average Bonchev–Trinajstić information content (AvgIpc) is 3.04. The van der Waals surface area contributed by atoms with Crippen molar-refractivity contribution >= 4 is 0 Å². The van der Waals surface area contributed by atoms with E-state index in [9.17, 15) is 13.2 Å². The maximum atomic E-state index is 12.7. The van der Waals surface area contributed by atoms with Crippen LogP contribution in [-0.4, -0.2) is 10.2 Å². The van der Waals surface area contributed by atoms with Crippen LogP contribution in [0.4, 0.5) is 13.2 Å². The molecule has 0 amide bonds. The van der Waals surface area contributed by atoms with E-state index in [1.807, 2.05) is 20.8 Å². The van der Waals surface area contributed by atoms with Gasteiger partial charge in [-0.3, -0.25) is 0 Å². The lowest BCUT2D eigenvalue weighted by molar-refractivity contribution is -0.137. The Balaban J connectivity index is 2.03. The highest BCUT2D eigenvalue weighted by Crippen LogP contribution is 2.35. The van der Waals surface area contributed by atoms with Crippen LogP contribution < -0.4 is 0 Å². The highest BCUT2D eigenvalue weighted by molar-refractivity contribution is 5.79. The van der Waals surface area contributed by atoms with E-state index in [0.29, 0.717) is 28.5 Å². The molecular formula is C19H16F3N2O. The van der Waals surface area contributed by atoms with Gasteiger partial charge in [0.15, 0.2) is 0 Å². The molecule has 2 aromatic carbocycles. The molecule has 0 aliphatic carbocycles. The first-order valence-electron chi connectivity index (χ1n) is 7.69. The molecule has 129 valence electrons. The van der Waals surface area contributed by atoms with Crippen LogP contribution in [0.3, 0.4) is 0 Å². The summed E-state index contributed by atoms with van der Waals surface area (Å²) in [5, 5.41) is 8.13. The molecule has 25 heavy (non-hydrogen) atoms. The second-order valence-corrected chi connectivity index (χ2v) is 6.70. The Bertz CT molecular complexity index is 875. The molecule has 0 fully saturated rings. The van der Waals surface area contributed by atoms with Gasteiger partial charge in [0.1, 0.15) is 0 Å². The first-order valence-corrected chi connectivity index (χ1v) is 7.69. The maximum absolute atomic E-state index is 12.7. The van der Waals surface area contributed by atoms with Crippen LogP contribution in [0.1, 0.15) is 32.2 Å². The number of rotatable bonds is 2. The molecule has 0 saturated heterocycles. The minimum atomic E-state index is -4.36. The highest BCUT2D eigenvalue weighted by Gasteiger charge is 2.30. The second-order valence-electron chi connectivity index (χ2n) is 6.70. The number of halogens is 3. The molecule has 6 heteroatoms. The van der Waals surface area contributed by atoms with Gasteiger partial charge >= 0.3 is 6.18 Å². The molecule has 0 aliphatic heterocycles.